The molecule has 1 aromatic rings. The topological polar surface area (TPSA) is 28.2 Å². The molecule has 0 saturated carbocycles. The van der Waals surface area contributed by atoms with Crippen LogP contribution in [-0.4, -0.2) is 36.6 Å². The van der Waals surface area contributed by atoms with E-state index in [-0.39, 0.29) is 0 Å². The minimum atomic E-state index is 0.418. The molecule has 1 unspecified atom stereocenters. The third kappa shape index (κ3) is 5.00. The molecule has 0 spiro atoms. The van der Waals surface area contributed by atoms with Gasteiger partial charge in [-0.1, -0.05) is 11.6 Å². The van der Waals surface area contributed by atoms with Crippen LogP contribution >= 0.6 is 11.6 Å². The average molecular weight is 228 g/mol. The van der Waals surface area contributed by atoms with E-state index in [1.54, 1.807) is 6.20 Å². The fourth-order valence-corrected chi connectivity index (χ4v) is 1.35. The van der Waals surface area contributed by atoms with Crippen LogP contribution in [0.3, 0.4) is 0 Å². The molecular weight excluding hydrogens is 210 g/mol. The number of pyridine rings is 1. The van der Waals surface area contributed by atoms with Crippen molar-refractivity contribution in [2.45, 2.75) is 19.4 Å². The molecule has 0 aromatic carbocycles. The van der Waals surface area contributed by atoms with Crippen LogP contribution in [0.15, 0.2) is 18.3 Å². The minimum absolute atomic E-state index is 0.418. The summed E-state index contributed by atoms with van der Waals surface area (Å²) in [5.41, 5.74) is 0. The van der Waals surface area contributed by atoms with Crippen LogP contribution in [0.5, 0.6) is 0 Å². The Morgan fingerprint density at radius 2 is 2.20 bits per heavy atom. The summed E-state index contributed by atoms with van der Waals surface area (Å²) < 4.78 is 0. The number of hydrogen-bond acceptors (Lipinski definition) is 3. The van der Waals surface area contributed by atoms with Crippen LogP contribution in [0.4, 0.5) is 5.82 Å². The molecule has 3 nitrogen and oxygen atoms in total. The normalized spacial score (nSPS) is 12.9. The molecule has 0 aliphatic rings. The van der Waals surface area contributed by atoms with Gasteiger partial charge in [0, 0.05) is 12.2 Å². The summed E-state index contributed by atoms with van der Waals surface area (Å²) in [6.45, 7) is 3.22. The van der Waals surface area contributed by atoms with E-state index in [0.29, 0.717) is 11.1 Å². The van der Waals surface area contributed by atoms with Crippen LogP contribution in [0, 0.1) is 0 Å². The highest BCUT2D eigenvalue weighted by molar-refractivity contribution is 6.30. The Balaban J connectivity index is 2.37. The summed E-state index contributed by atoms with van der Waals surface area (Å²) in [6, 6.07) is 4.16. The number of aromatic nitrogens is 1. The largest absolute Gasteiger partial charge is 0.368 e. The van der Waals surface area contributed by atoms with E-state index in [9.17, 15) is 0 Å². The van der Waals surface area contributed by atoms with Crippen molar-refractivity contribution in [2.75, 3.05) is 26.0 Å². The Labute approximate surface area is 96.5 Å². The zero-order chi connectivity index (χ0) is 11.3. The Hall–Kier alpha value is -0.800. The Bertz CT molecular complexity index is 284. The highest BCUT2D eigenvalue weighted by atomic mass is 35.5. The van der Waals surface area contributed by atoms with Gasteiger partial charge in [0.25, 0.3) is 0 Å². The van der Waals surface area contributed by atoms with Gasteiger partial charge in [-0.05, 0) is 46.1 Å². The van der Waals surface area contributed by atoms with E-state index < -0.39 is 0 Å². The van der Waals surface area contributed by atoms with Crippen LogP contribution in [0.25, 0.3) is 0 Å². The molecule has 0 aliphatic carbocycles. The second-order valence-corrected chi connectivity index (χ2v) is 4.44. The SMILES string of the molecule is CC(CCN(C)C)Nc1ccc(Cl)cn1. The maximum Gasteiger partial charge on any atom is 0.126 e. The molecule has 0 saturated heterocycles. The van der Waals surface area contributed by atoms with Gasteiger partial charge in [-0.25, -0.2) is 4.98 Å². The lowest BCUT2D eigenvalue weighted by Crippen LogP contribution is -2.23. The molecule has 15 heavy (non-hydrogen) atoms. The maximum atomic E-state index is 5.75. The number of rotatable bonds is 5. The van der Waals surface area contributed by atoms with Crippen molar-refractivity contribution in [3.63, 3.8) is 0 Å². The summed E-state index contributed by atoms with van der Waals surface area (Å²) in [4.78, 5) is 6.36. The van der Waals surface area contributed by atoms with Gasteiger partial charge in [0.2, 0.25) is 0 Å². The number of anilines is 1. The molecule has 0 aliphatic heterocycles. The standard InChI is InChI=1S/C11H18ClN3/c1-9(6-7-15(2)3)14-11-5-4-10(12)8-13-11/h4-5,8-9H,6-7H2,1-3H3,(H,13,14). The molecule has 0 fully saturated rings. The van der Waals surface area contributed by atoms with Crippen molar-refractivity contribution in [1.82, 2.24) is 9.88 Å². The minimum Gasteiger partial charge on any atom is -0.368 e. The number of halogens is 1. The van der Waals surface area contributed by atoms with Crippen molar-refractivity contribution < 1.29 is 0 Å². The number of nitrogens with one attached hydrogen (secondary N) is 1. The van der Waals surface area contributed by atoms with Gasteiger partial charge in [0.05, 0.1) is 5.02 Å². The first-order valence-corrected chi connectivity index (χ1v) is 5.48. The molecule has 1 atom stereocenters. The molecule has 1 aromatic heterocycles. The molecule has 1 N–H and O–H groups in total. The second kappa shape index (κ2) is 5.93. The summed E-state index contributed by atoms with van der Waals surface area (Å²) in [7, 11) is 4.15. The first-order chi connectivity index (χ1) is 7.08. The zero-order valence-corrected chi connectivity index (χ0v) is 10.3. The van der Waals surface area contributed by atoms with Crippen LogP contribution < -0.4 is 5.32 Å². The summed E-state index contributed by atoms with van der Waals surface area (Å²) >= 11 is 5.75. The monoisotopic (exact) mass is 227 g/mol. The first-order valence-electron chi connectivity index (χ1n) is 5.11. The predicted molar refractivity (Wildman–Crippen MR) is 65.5 cm³/mol. The van der Waals surface area contributed by atoms with Gasteiger partial charge < -0.3 is 10.2 Å². The third-order valence-electron chi connectivity index (χ3n) is 2.13. The van der Waals surface area contributed by atoms with Gasteiger partial charge >= 0.3 is 0 Å². The quantitative estimate of drug-likeness (QED) is 0.838. The fraction of sp³-hybridized carbons (Fsp3) is 0.545. The average Bonchev–Trinajstić information content (AvgIpc) is 2.19. The number of nitrogens with zero attached hydrogens (tertiary/aromatic N) is 2. The van der Waals surface area contributed by atoms with Gasteiger partial charge in [-0.3, -0.25) is 0 Å². The molecule has 0 radical (unpaired) electrons. The van der Waals surface area contributed by atoms with E-state index in [1.165, 1.54) is 0 Å². The molecule has 0 amide bonds. The van der Waals surface area contributed by atoms with Crippen molar-refractivity contribution in [1.29, 1.82) is 0 Å². The lowest BCUT2D eigenvalue weighted by Gasteiger charge is -2.17. The first kappa shape index (κ1) is 12.3. The Morgan fingerprint density at radius 1 is 1.47 bits per heavy atom. The van der Waals surface area contributed by atoms with Crippen molar-refractivity contribution in [3.05, 3.63) is 23.4 Å². The Morgan fingerprint density at radius 3 is 2.73 bits per heavy atom. The van der Waals surface area contributed by atoms with Crippen molar-refractivity contribution in [3.8, 4) is 0 Å². The van der Waals surface area contributed by atoms with E-state index in [1.807, 2.05) is 12.1 Å². The molecule has 1 heterocycles. The van der Waals surface area contributed by atoms with Crippen molar-refractivity contribution in [2.24, 2.45) is 0 Å². The highest BCUT2D eigenvalue weighted by Gasteiger charge is 2.03. The zero-order valence-electron chi connectivity index (χ0n) is 9.50. The fourth-order valence-electron chi connectivity index (χ4n) is 1.24. The molecule has 4 heteroatoms. The van der Waals surface area contributed by atoms with Gasteiger partial charge in [-0.15, -0.1) is 0 Å². The molecular formula is C11H18ClN3. The highest BCUT2D eigenvalue weighted by Crippen LogP contribution is 2.11. The van der Waals surface area contributed by atoms with Crippen LogP contribution in [-0.2, 0) is 0 Å². The molecule has 1 rings (SSSR count). The Kier molecular flexibility index (Phi) is 4.85. The second-order valence-electron chi connectivity index (χ2n) is 4.00. The van der Waals surface area contributed by atoms with Crippen molar-refractivity contribution >= 4 is 17.4 Å². The smallest absolute Gasteiger partial charge is 0.126 e. The summed E-state index contributed by atoms with van der Waals surface area (Å²) in [6.07, 6.45) is 2.75. The van der Waals surface area contributed by atoms with Gasteiger partial charge in [0.1, 0.15) is 5.82 Å². The van der Waals surface area contributed by atoms with E-state index in [4.69, 9.17) is 11.6 Å². The molecule has 84 valence electrons. The van der Waals surface area contributed by atoms with E-state index in [0.717, 1.165) is 18.8 Å². The van der Waals surface area contributed by atoms with Gasteiger partial charge in [-0.2, -0.15) is 0 Å². The lowest BCUT2D eigenvalue weighted by molar-refractivity contribution is 0.390. The van der Waals surface area contributed by atoms with E-state index in [2.05, 4.69) is 36.2 Å². The van der Waals surface area contributed by atoms with Gasteiger partial charge in [0.15, 0.2) is 0 Å². The molecule has 0 bridgehead atoms. The van der Waals surface area contributed by atoms with E-state index >= 15 is 0 Å². The summed E-state index contributed by atoms with van der Waals surface area (Å²) in [5, 5.41) is 4.00. The maximum absolute atomic E-state index is 5.75. The lowest BCUT2D eigenvalue weighted by atomic mass is 10.2. The number of hydrogen-bond donors (Lipinski definition) is 1. The van der Waals surface area contributed by atoms with Crippen LogP contribution in [0.1, 0.15) is 13.3 Å². The predicted octanol–water partition coefficient (Wildman–Crippen LogP) is 2.49. The van der Waals surface area contributed by atoms with Crippen LogP contribution in [0.2, 0.25) is 5.02 Å². The summed E-state index contributed by atoms with van der Waals surface area (Å²) in [5.74, 6) is 0.880. The third-order valence-corrected chi connectivity index (χ3v) is 2.35.